The summed E-state index contributed by atoms with van der Waals surface area (Å²) in [4.78, 5) is 14.1. The Kier molecular flexibility index (Phi) is 3.55. The summed E-state index contributed by atoms with van der Waals surface area (Å²) < 4.78 is 25.8. The van der Waals surface area contributed by atoms with Crippen molar-refractivity contribution >= 4 is 15.9 Å². The quantitative estimate of drug-likeness (QED) is 0.771. The van der Waals surface area contributed by atoms with Gasteiger partial charge in [-0.05, 0) is 25.7 Å². The first-order valence-corrected chi connectivity index (χ1v) is 8.87. The molecule has 0 unspecified atom stereocenters. The molecule has 2 aliphatic carbocycles. The first kappa shape index (κ1) is 13.4. The zero-order chi connectivity index (χ0) is 13.5. The number of amides is 1. The fourth-order valence-electron chi connectivity index (χ4n) is 3.17. The first-order valence-electron chi connectivity index (χ1n) is 7.37. The summed E-state index contributed by atoms with van der Waals surface area (Å²) >= 11 is 0. The van der Waals surface area contributed by atoms with Gasteiger partial charge in [-0.1, -0.05) is 12.8 Å². The van der Waals surface area contributed by atoms with Crippen molar-refractivity contribution in [3.05, 3.63) is 0 Å². The zero-order valence-corrected chi connectivity index (χ0v) is 12.1. The van der Waals surface area contributed by atoms with E-state index in [4.69, 9.17) is 0 Å². The standard InChI is InChI=1S/C13H22N2O3S/c16-13(11-3-1-2-4-11)14-7-9-15(10-8-14)19(17,18)12-5-6-12/h11-12H,1-10H2. The van der Waals surface area contributed by atoms with E-state index < -0.39 is 10.0 Å². The number of piperazine rings is 1. The Labute approximate surface area is 115 Å². The molecule has 2 saturated carbocycles. The highest BCUT2D eigenvalue weighted by atomic mass is 32.2. The Hall–Kier alpha value is -0.620. The van der Waals surface area contributed by atoms with Gasteiger partial charge in [-0.25, -0.2) is 8.42 Å². The zero-order valence-electron chi connectivity index (χ0n) is 11.3. The maximum absolute atomic E-state index is 12.3. The van der Waals surface area contributed by atoms with Crippen LogP contribution in [0.15, 0.2) is 0 Å². The number of sulfonamides is 1. The molecule has 3 rings (SSSR count). The van der Waals surface area contributed by atoms with Crippen molar-refractivity contribution in [1.82, 2.24) is 9.21 Å². The van der Waals surface area contributed by atoms with Crippen LogP contribution in [-0.4, -0.2) is 55.0 Å². The van der Waals surface area contributed by atoms with Gasteiger partial charge in [0.25, 0.3) is 0 Å². The van der Waals surface area contributed by atoms with E-state index >= 15 is 0 Å². The first-order chi connectivity index (χ1) is 9.09. The Morgan fingerprint density at radius 1 is 0.895 bits per heavy atom. The van der Waals surface area contributed by atoms with Crippen LogP contribution in [0.4, 0.5) is 0 Å². The molecule has 0 aromatic carbocycles. The summed E-state index contributed by atoms with van der Waals surface area (Å²) in [5, 5.41) is -0.135. The lowest BCUT2D eigenvalue weighted by atomic mass is 10.1. The monoisotopic (exact) mass is 286 g/mol. The molecule has 0 aromatic rings. The van der Waals surface area contributed by atoms with Gasteiger partial charge in [0.05, 0.1) is 5.25 Å². The van der Waals surface area contributed by atoms with Gasteiger partial charge in [-0.3, -0.25) is 4.79 Å². The van der Waals surface area contributed by atoms with Gasteiger partial charge >= 0.3 is 0 Å². The highest BCUT2D eigenvalue weighted by Gasteiger charge is 2.41. The van der Waals surface area contributed by atoms with Crippen molar-refractivity contribution in [3.8, 4) is 0 Å². The highest BCUT2D eigenvalue weighted by Crippen LogP contribution is 2.32. The largest absolute Gasteiger partial charge is 0.340 e. The fraction of sp³-hybridized carbons (Fsp3) is 0.923. The topological polar surface area (TPSA) is 57.7 Å². The molecule has 0 N–H and O–H groups in total. The number of nitrogens with zero attached hydrogens (tertiary/aromatic N) is 2. The maximum Gasteiger partial charge on any atom is 0.225 e. The number of rotatable bonds is 3. The Bertz CT molecular complexity index is 445. The molecule has 0 radical (unpaired) electrons. The summed E-state index contributed by atoms with van der Waals surface area (Å²) in [7, 11) is -3.06. The van der Waals surface area contributed by atoms with Crippen molar-refractivity contribution in [2.75, 3.05) is 26.2 Å². The summed E-state index contributed by atoms with van der Waals surface area (Å²) in [5.41, 5.74) is 0. The van der Waals surface area contributed by atoms with Gasteiger partial charge in [0, 0.05) is 32.1 Å². The van der Waals surface area contributed by atoms with Crippen LogP contribution >= 0.6 is 0 Å². The lowest BCUT2D eigenvalue weighted by Crippen LogP contribution is -2.52. The molecular weight excluding hydrogens is 264 g/mol. The van der Waals surface area contributed by atoms with Crippen molar-refractivity contribution in [2.45, 2.75) is 43.8 Å². The molecule has 1 heterocycles. The van der Waals surface area contributed by atoms with Gasteiger partial charge in [0.2, 0.25) is 15.9 Å². The predicted octanol–water partition coefficient (Wildman–Crippen LogP) is 0.813. The van der Waals surface area contributed by atoms with E-state index in [9.17, 15) is 13.2 Å². The van der Waals surface area contributed by atoms with Crippen molar-refractivity contribution in [2.24, 2.45) is 5.92 Å². The molecule has 1 amide bonds. The van der Waals surface area contributed by atoms with Crippen molar-refractivity contribution in [3.63, 3.8) is 0 Å². The summed E-state index contributed by atoms with van der Waals surface area (Å²) in [6.45, 7) is 2.11. The summed E-state index contributed by atoms with van der Waals surface area (Å²) in [6, 6.07) is 0. The maximum atomic E-state index is 12.3. The molecule has 19 heavy (non-hydrogen) atoms. The summed E-state index contributed by atoms with van der Waals surface area (Å²) in [5.74, 6) is 0.451. The molecule has 6 heteroatoms. The van der Waals surface area contributed by atoms with Gasteiger partial charge in [-0.15, -0.1) is 0 Å². The molecular formula is C13H22N2O3S. The SMILES string of the molecule is O=C(C1CCCC1)N1CCN(S(=O)(=O)C2CC2)CC1. The van der Waals surface area contributed by atoms with Crippen LogP contribution in [0.25, 0.3) is 0 Å². The average Bonchev–Trinajstić information content (AvgIpc) is 3.15. The molecule has 0 aromatic heterocycles. The molecule has 1 aliphatic heterocycles. The van der Waals surface area contributed by atoms with Gasteiger partial charge in [0.1, 0.15) is 0 Å². The second-order valence-electron chi connectivity index (χ2n) is 5.95. The van der Waals surface area contributed by atoms with E-state index in [0.29, 0.717) is 26.2 Å². The normalized spacial score (nSPS) is 26.8. The van der Waals surface area contributed by atoms with Gasteiger partial charge in [0.15, 0.2) is 0 Å². The number of carbonyl (C=O) groups excluding carboxylic acids is 1. The van der Waals surface area contributed by atoms with E-state index in [2.05, 4.69) is 0 Å². The average molecular weight is 286 g/mol. The van der Waals surface area contributed by atoms with E-state index in [1.807, 2.05) is 4.90 Å². The van der Waals surface area contributed by atoms with Crippen LogP contribution in [0.1, 0.15) is 38.5 Å². The Balaban J connectivity index is 1.55. The van der Waals surface area contributed by atoms with Gasteiger partial charge in [-0.2, -0.15) is 4.31 Å². The number of hydrogen-bond donors (Lipinski definition) is 0. The van der Waals surface area contributed by atoms with Crippen molar-refractivity contribution in [1.29, 1.82) is 0 Å². The minimum absolute atomic E-state index is 0.135. The van der Waals surface area contributed by atoms with E-state index in [0.717, 1.165) is 38.5 Å². The van der Waals surface area contributed by atoms with Crippen LogP contribution in [0.3, 0.4) is 0 Å². The number of carbonyl (C=O) groups is 1. The van der Waals surface area contributed by atoms with E-state index in [-0.39, 0.29) is 17.1 Å². The fourth-order valence-corrected chi connectivity index (χ4v) is 5.00. The third-order valence-corrected chi connectivity index (χ3v) is 6.96. The van der Waals surface area contributed by atoms with Crippen LogP contribution in [0.2, 0.25) is 0 Å². The third-order valence-electron chi connectivity index (χ3n) is 4.56. The molecule has 3 fully saturated rings. The Morgan fingerprint density at radius 2 is 1.47 bits per heavy atom. The third kappa shape index (κ3) is 2.65. The lowest BCUT2D eigenvalue weighted by molar-refractivity contribution is -0.136. The molecule has 0 bridgehead atoms. The smallest absolute Gasteiger partial charge is 0.225 e. The molecule has 0 spiro atoms. The molecule has 0 atom stereocenters. The highest BCUT2D eigenvalue weighted by molar-refractivity contribution is 7.90. The Morgan fingerprint density at radius 3 is 2.00 bits per heavy atom. The lowest BCUT2D eigenvalue weighted by Gasteiger charge is -2.35. The van der Waals surface area contributed by atoms with Crippen LogP contribution in [0.5, 0.6) is 0 Å². The minimum Gasteiger partial charge on any atom is -0.340 e. The molecule has 3 aliphatic rings. The van der Waals surface area contributed by atoms with E-state index in [1.54, 1.807) is 4.31 Å². The van der Waals surface area contributed by atoms with Crippen molar-refractivity contribution < 1.29 is 13.2 Å². The van der Waals surface area contributed by atoms with E-state index in [1.165, 1.54) is 0 Å². The predicted molar refractivity (Wildman–Crippen MR) is 72.1 cm³/mol. The summed E-state index contributed by atoms with van der Waals surface area (Å²) in [6.07, 6.45) is 5.96. The molecule has 108 valence electrons. The number of hydrogen-bond acceptors (Lipinski definition) is 3. The molecule has 1 saturated heterocycles. The van der Waals surface area contributed by atoms with Crippen LogP contribution in [-0.2, 0) is 14.8 Å². The second-order valence-corrected chi connectivity index (χ2v) is 8.16. The minimum atomic E-state index is -3.06. The van der Waals surface area contributed by atoms with Crippen LogP contribution < -0.4 is 0 Å². The second kappa shape index (κ2) is 5.05. The van der Waals surface area contributed by atoms with Gasteiger partial charge < -0.3 is 4.90 Å². The van der Waals surface area contributed by atoms with Crippen LogP contribution in [0, 0.1) is 5.92 Å². The molecule has 5 nitrogen and oxygen atoms in total.